The lowest BCUT2D eigenvalue weighted by Crippen LogP contribution is -2.24. The van der Waals surface area contributed by atoms with Gasteiger partial charge in [-0.1, -0.05) is 43.8 Å². The van der Waals surface area contributed by atoms with E-state index in [1.54, 1.807) is 0 Å². The van der Waals surface area contributed by atoms with Crippen LogP contribution in [0.1, 0.15) is 43.7 Å². The molecular weight excluding hydrogens is 316 g/mol. The maximum Gasteiger partial charge on any atom is 0.0424 e. The molecule has 4 rings (SSSR count). The highest BCUT2D eigenvalue weighted by Gasteiger charge is 2.40. The van der Waals surface area contributed by atoms with Gasteiger partial charge in [-0.25, -0.2) is 0 Å². The van der Waals surface area contributed by atoms with E-state index in [-0.39, 0.29) is 0 Å². The predicted octanol–water partition coefficient (Wildman–Crippen LogP) is 5.01. The first kappa shape index (κ1) is 17.7. The normalized spacial score (nSPS) is 28.2. The summed E-state index contributed by atoms with van der Waals surface area (Å²) < 4.78 is 0. The van der Waals surface area contributed by atoms with E-state index in [4.69, 9.17) is 0 Å². The van der Waals surface area contributed by atoms with Crippen molar-refractivity contribution in [1.29, 1.82) is 0 Å². The van der Waals surface area contributed by atoms with Gasteiger partial charge in [0.1, 0.15) is 0 Å². The first-order valence-electron chi connectivity index (χ1n) is 10.4. The molecule has 2 heterocycles. The second kappa shape index (κ2) is 7.92. The molecule has 1 aliphatic carbocycles. The van der Waals surface area contributed by atoms with Gasteiger partial charge in [0.2, 0.25) is 0 Å². The molecule has 2 heteroatoms. The number of likely N-dealkylation sites (tertiary alicyclic amines) is 1. The summed E-state index contributed by atoms with van der Waals surface area (Å²) >= 11 is 0. The zero-order valence-electron chi connectivity index (χ0n) is 16.2. The van der Waals surface area contributed by atoms with Crippen LogP contribution in [0.5, 0.6) is 0 Å². The lowest BCUT2D eigenvalue weighted by molar-refractivity contribution is 0.329. The third-order valence-electron chi connectivity index (χ3n) is 6.56. The summed E-state index contributed by atoms with van der Waals surface area (Å²) in [6, 6.07) is 8.97. The fourth-order valence-electron chi connectivity index (χ4n) is 5.18. The lowest BCUT2D eigenvalue weighted by atomic mass is 9.95. The molecule has 1 aromatic carbocycles. The zero-order valence-corrected chi connectivity index (χ0v) is 16.2. The van der Waals surface area contributed by atoms with E-state index in [0.29, 0.717) is 0 Å². The topological polar surface area (TPSA) is 15.6 Å². The van der Waals surface area contributed by atoms with Crippen LogP contribution in [0.15, 0.2) is 47.5 Å². The first-order chi connectivity index (χ1) is 12.7. The molecule has 2 aliphatic heterocycles. The first-order valence-corrected chi connectivity index (χ1v) is 10.4. The summed E-state index contributed by atoms with van der Waals surface area (Å²) in [6.45, 7) is 11.1. The van der Waals surface area contributed by atoms with E-state index in [9.17, 15) is 0 Å². The van der Waals surface area contributed by atoms with Gasteiger partial charge >= 0.3 is 0 Å². The minimum Gasteiger partial charge on any atom is -0.299 e. The Hall–Kier alpha value is -1.67. The third kappa shape index (κ3) is 4.01. The number of benzene rings is 1. The van der Waals surface area contributed by atoms with Crippen molar-refractivity contribution in [2.75, 3.05) is 26.2 Å². The molecule has 26 heavy (non-hydrogen) atoms. The van der Waals surface area contributed by atoms with E-state index in [1.807, 2.05) is 0 Å². The quantitative estimate of drug-likeness (QED) is 0.705. The molecule has 0 N–H and O–H groups in total. The van der Waals surface area contributed by atoms with Crippen molar-refractivity contribution >= 4 is 11.8 Å². The summed E-state index contributed by atoms with van der Waals surface area (Å²) in [7, 11) is 0. The second-order valence-corrected chi connectivity index (χ2v) is 8.51. The van der Waals surface area contributed by atoms with Crippen LogP contribution in [0.2, 0.25) is 0 Å². The molecule has 1 saturated carbocycles. The molecule has 1 aromatic rings. The number of hydrogen-bond acceptors (Lipinski definition) is 2. The van der Waals surface area contributed by atoms with Crippen molar-refractivity contribution in [1.82, 2.24) is 4.90 Å². The number of fused-ring (bicyclic) bond motifs is 1. The smallest absolute Gasteiger partial charge is 0.0424 e. The van der Waals surface area contributed by atoms with Crippen molar-refractivity contribution < 1.29 is 0 Å². The molecule has 0 bridgehead atoms. The molecule has 138 valence electrons. The van der Waals surface area contributed by atoms with Crippen molar-refractivity contribution in [2.24, 2.45) is 22.7 Å². The maximum absolute atomic E-state index is 4.45. The van der Waals surface area contributed by atoms with Gasteiger partial charge in [-0.3, -0.25) is 9.89 Å². The average Bonchev–Trinajstić information content (AvgIpc) is 3.20. The Kier molecular flexibility index (Phi) is 5.40. The van der Waals surface area contributed by atoms with Gasteiger partial charge in [-0.15, -0.1) is 0 Å². The maximum atomic E-state index is 4.45. The Morgan fingerprint density at radius 3 is 2.50 bits per heavy atom. The highest BCUT2D eigenvalue weighted by Crippen LogP contribution is 2.44. The van der Waals surface area contributed by atoms with Crippen LogP contribution in [-0.4, -0.2) is 37.3 Å². The Labute approximate surface area is 158 Å². The Morgan fingerprint density at radius 1 is 1.15 bits per heavy atom. The Morgan fingerprint density at radius 2 is 1.88 bits per heavy atom. The minimum atomic E-state index is 0.882. The van der Waals surface area contributed by atoms with Crippen molar-refractivity contribution in [2.45, 2.75) is 39.0 Å². The number of dihydropyridines is 1. The molecular formula is C24H32N2. The fourth-order valence-corrected chi connectivity index (χ4v) is 5.18. The van der Waals surface area contributed by atoms with E-state index in [0.717, 1.165) is 43.7 Å². The van der Waals surface area contributed by atoms with E-state index < -0.39 is 0 Å². The van der Waals surface area contributed by atoms with E-state index >= 15 is 0 Å². The highest BCUT2D eigenvalue weighted by molar-refractivity contribution is 5.79. The summed E-state index contributed by atoms with van der Waals surface area (Å²) in [5.41, 5.74) is 5.47. The van der Waals surface area contributed by atoms with Gasteiger partial charge < -0.3 is 0 Å². The molecule has 2 fully saturated rings. The van der Waals surface area contributed by atoms with Crippen LogP contribution in [0.4, 0.5) is 0 Å². The molecule has 0 spiro atoms. The highest BCUT2D eigenvalue weighted by atomic mass is 15.2. The van der Waals surface area contributed by atoms with Crippen molar-refractivity contribution in [3.63, 3.8) is 0 Å². The Balaban J connectivity index is 1.27. The summed E-state index contributed by atoms with van der Waals surface area (Å²) in [5.74, 6) is 2.68. The van der Waals surface area contributed by atoms with Gasteiger partial charge in [0.15, 0.2) is 0 Å². The SMILES string of the molecule is C=C(CN1CC2CC(CC3=CCCN=C3)CC2C1)c1ccc(CC)cc1. The molecule has 0 aromatic heterocycles. The molecule has 1 saturated heterocycles. The molecule has 2 atom stereocenters. The van der Waals surface area contributed by atoms with Crippen LogP contribution < -0.4 is 0 Å². The monoisotopic (exact) mass is 348 g/mol. The number of allylic oxidation sites excluding steroid dienone is 1. The number of aryl methyl sites for hydroxylation is 1. The van der Waals surface area contributed by atoms with E-state index in [2.05, 4.69) is 60.0 Å². The van der Waals surface area contributed by atoms with E-state index in [1.165, 1.54) is 54.6 Å². The minimum absolute atomic E-state index is 0.882. The van der Waals surface area contributed by atoms with Gasteiger partial charge in [-0.2, -0.15) is 0 Å². The molecule has 3 aliphatic rings. The lowest BCUT2D eigenvalue weighted by Gasteiger charge is -2.20. The summed E-state index contributed by atoms with van der Waals surface area (Å²) in [4.78, 5) is 7.09. The average molecular weight is 349 g/mol. The van der Waals surface area contributed by atoms with Gasteiger partial charge in [-0.05, 0) is 72.1 Å². The molecule has 2 nitrogen and oxygen atoms in total. The van der Waals surface area contributed by atoms with Crippen LogP contribution in [-0.2, 0) is 6.42 Å². The number of aliphatic imine (C=N–C) groups is 1. The number of hydrogen-bond donors (Lipinski definition) is 0. The fraction of sp³-hybridized carbons (Fsp3) is 0.542. The van der Waals surface area contributed by atoms with Crippen LogP contribution in [0.25, 0.3) is 5.57 Å². The van der Waals surface area contributed by atoms with Gasteiger partial charge in [0.05, 0.1) is 0 Å². The zero-order chi connectivity index (χ0) is 17.9. The molecule has 0 amide bonds. The second-order valence-electron chi connectivity index (χ2n) is 8.51. The van der Waals surface area contributed by atoms with Crippen LogP contribution >= 0.6 is 0 Å². The summed E-state index contributed by atoms with van der Waals surface area (Å²) in [5, 5.41) is 0. The largest absolute Gasteiger partial charge is 0.299 e. The molecule has 0 radical (unpaired) electrons. The number of nitrogens with zero attached hydrogens (tertiary/aromatic N) is 2. The molecule has 2 unspecified atom stereocenters. The van der Waals surface area contributed by atoms with Crippen LogP contribution in [0.3, 0.4) is 0 Å². The Bertz CT molecular complexity index is 683. The van der Waals surface area contributed by atoms with Crippen LogP contribution in [0, 0.1) is 17.8 Å². The predicted molar refractivity (Wildman–Crippen MR) is 112 cm³/mol. The standard InChI is InChI=1S/C24H32N2/c1-3-19-6-8-22(9-7-19)18(2)15-26-16-23-12-21(13-24(23)17-26)11-20-5-4-10-25-14-20/h5-9,14,21,23-24H,2-4,10-13,15-17H2,1H3. The van der Waals surface area contributed by atoms with Crippen molar-refractivity contribution in [3.05, 3.63) is 53.6 Å². The van der Waals surface area contributed by atoms with Gasteiger partial charge in [0.25, 0.3) is 0 Å². The van der Waals surface area contributed by atoms with Crippen molar-refractivity contribution in [3.8, 4) is 0 Å². The third-order valence-corrected chi connectivity index (χ3v) is 6.56. The summed E-state index contributed by atoms with van der Waals surface area (Å²) in [6.07, 6.45) is 10.8. The van der Waals surface area contributed by atoms with Gasteiger partial charge in [0, 0.05) is 32.4 Å². The number of rotatable bonds is 6.